The summed E-state index contributed by atoms with van der Waals surface area (Å²) in [6.07, 6.45) is 8.76. The minimum absolute atomic E-state index is 0.0365. The number of carbonyl (C=O) groups is 1. The molecule has 27 heavy (non-hydrogen) atoms. The van der Waals surface area contributed by atoms with E-state index in [4.69, 9.17) is 9.72 Å². The van der Waals surface area contributed by atoms with E-state index in [1.54, 1.807) is 12.4 Å². The Kier molecular flexibility index (Phi) is 4.91. The van der Waals surface area contributed by atoms with Gasteiger partial charge in [0.1, 0.15) is 0 Å². The van der Waals surface area contributed by atoms with E-state index in [9.17, 15) is 4.79 Å². The minimum Gasteiger partial charge on any atom is -0.381 e. The summed E-state index contributed by atoms with van der Waals surface area (Å²) >= 11 is 0. The molecule has 142 valence electrons. The number of aromatic nitrogens is 3. The molecule has 0 saturated carbocycles. The lowest BCUT2D eigenvalue weighted by Crippen LogP contribution is -2.41. The highest BCUT2D eigenvalue weighted by atomic mass is 16.5. The molecule has 2 aromatic heterocycles. The highest BCUT2D eigenvalue weighted by Gasteiger charge is 2.35. The van der Waals surface area contributed by atoms with E-state index in [1.165, 1.54) is 0 Å². The molecule has 1 aliphatic heterocycles. The Balaban J connectivity index is 1.60. The molecule has 2 aliphatic rings. The molecule has 3 heterocycles. The molecule has 1 amide bonds. The van der Waals surface area contributed by atoms with Gasteiger partial charge in [0, 0.05) is 48.8 Å². The highest BCUT2D eigenvalue weighted by Crippen LogP contribution is 2.40. The van der Waals surface area contributed by atoms with Gasteiger partial charge in [0.2, 0.25) is 5.91 Å². The van der Waals surface area contributed by atoms with Crippen LogP contribution in [-0.4, -0.2) is 34.1 Å². The number of amides is 1. The first-order valence-electron chi connectivity index (χ1n) is 9.66. The molecule has 0 spiro atoms. The molecule has 2 aromatic rings. The van der Waals surface area contributed by atoms with Crippen molar-refractivity contribution in [1.29, 1.82) is 0 Å². The maximum Gasteiger partial charge on any atom is 0.223 e. The standard InChI is InChI=1S/C21H26N4O2/c1-21(2)11-17-16(13-23-19(24-17)14-3-7-22-8-4-14)18(12-21)25-20(26)15-5-9-27-10-6-15/h3-4,7-8,13,15,18H,5-6,9-12H2,1-2H3,(H,25,26). The monoisotopic (exact) mass is 366 g/mol. The summed E-state index contributed by atoms with van der Waals surface area (Å²) in [7, 11) is 0. The fraction of sp³-hybridized carbons (Fsp3) is 0.524. The van der Waals surface area contributed by atoms with Crippen LogP contribution in [0.15, 0.2) is 30.7 Å². The van der Waals surface area contributed by atoms with E-state index in [0.717, 1.165) is 42.5 Å². The number of ether oxygens (including phenoxy) is 1. The predicted molar refractivity (Wildman–Crippen MR) is 102 cm³/mol. The van der Waals surface area contributed by atoms with E-state index < -0.39 is 0 Å². The molecule has 1 aliphatic carbocycles. The third kappa shape index (κ3) is 4.00. The van der Waals surface area contributed by atoms with Gasteiger partial charge in [0.05, 0.1) is 11.7 Å². The van der Waals surface area contributed by atoms with Crippen molar-refractivity contribution in [2.45, 2.75) is 45.6 Å². The summed E-state index contributed by atoms with van der Waals surface area (Å²) in [6, 6.07) is 3.80. The van der Waals surface area contributed by atoms with E-state index in [-0.39, 0.29) is 23.3 Å². The van der Waals surface area contributed by atoms with Crippen LogP contribution in [0.3, 0.4) is 0 Å². The normalized spacial score (nSPS) is 22.1. The summed E-state index contributed by atoms with van der Waals surface area (Å²) in [5, 5.41) is 3.28. The predicted octanol–water partition coefficient (Wildman–Crippen LogP) is 3.09. The fourth-order valence-electron chi connectivity index (χ4n) is 4.07. The largest absolute Gasteiger partial charge is 0.381 e. The number of hydrogen-bond donors (Lipinski definition) is 1. The topological polar surface area (TPSA) is 77.0 Å². The van der Waals surface area contributed by atoms with Gasteiger partial charge in [-0.3, -0.25) is 9.78 Å². The zero-order valence-electron chi connectivity index (χ0n) is 15.9. The van der Waals surface area contributed by atoms with Gasteiger partial charge < -0.3 is 10.1 Å². The molecule has 4 rings (SSSR count). The van der Waals surface area contributed by atoms with Crippen LogP contribution in [-0.2, 0) is 16.0 Å². The van der Waals surface area contributed by atoms with Crippen molar-refractivity contribution < 1.29 is 9.53 Å². The van der Waals surface area contributed by atoms with Gasteiger partial charge >= 0.3 is 0 Å². The first-order valence-corrected chi connectivity index (χ1v) is 9.66. The second-order valence-electron chi connectivity index (χ2n) is 8.32. The van der Waals surface area contributed by atoms with Gasteiger partial charge in [-0.1, -0.05) is 13.8 Å². The van der Waals surface area contributed by atoms with Gasteiger partial charge in [-0.15, -0.1) is 0 Å². The van der Waals surface area contributed by atoms with Crippen molar-refractivity contribution in [3.63, 3.8) is 0 Å². The van der Waals surface area contributed by atoms with Crippen molar-refractivity contribution in [3.8, 4) is 11.4 Å². The number of rotatable bonds is 3. The molecule has 0 aromatic carbocycles. The zero-order chi connectivity index (χ0) is 18.9. The van der Waals surface area contributed by atoms with E-state index in [0.29, 0.717) is 19.0 Å². The second kappa shape index (κ2) is 7.35. The Bertz CT molecular complexity index is 816. The Hall–Kier alpha value is -2.34. The zero-order valence-corrected chi connectivity index (χ0v) is 15.9. The van der Waals surface area contributed by atoms with Crippen molar-refractivity contribution in [2.24, 2.45) is 11.3 Å². The molecule has 6 nitrogen and oxygen atoms in total. The molecule has 1 saturated heterocycles. The number of nitrogens with one attached hydrogen (secondary N) is 1. The highest BCUT2D eigenvalue weighted by molar-refractivity contribution is 5.79. The molecule has 0 bridgehead atoms. The summed E-state index contributed by atoms with van der Waals surface area (Å²) in [4.78, 5) is 26.2. The molecule has 1 atom stereocenters. The number of hydrogen-bond acceptors (Lipinski definition) is 5. The van der Waals surface area contributed by atoms with E-state index in [1.807, 2.05) is 18.3 Å². The Labute approximate surface area is 159 Å². The fourth-order valence-corrected chi connectivity index (χ4v) is 4.07. The summed E-state index contributed by atoms with van der Waals surface area (Å²) in [5.41, 5.74) is 3.11. The van der Waals surface area contributed by atoms with Crippen LogP contribution >= 0.6 is 0 Å². The average Bonchev–Trinajstić information content (AvgIpc) is 2.68. The molecular weight excluding hydrogens is 340 g/mol. The lowest BCUT2D eigenvalue weighted by atomic mass is 9.74. The van der Waals surface area contributed by atoms with Crippen LogP contribution in [0.4, 0.5) is 0 Å². The molecule has 0 radical (unpaired) electrons. The molecule has 1 unspecified atom stereocenters. The van der Waals surface area contributed by atoms with Gasteiger partial charge in [0.25, 0.3) is 0 Å². The maximum absolute atomic E-state index is 12.8. The molecule has 1 N–H and O–H groups in total. The average molecular weight is 366 g/mol. The molecule has 6 heteroatoms. The molecular formula is C21H26N4O2. The smallest absolute Gasteiger partial charge is 0.223 e. The quantitative estimate of drug-likeness (QED) is 0.903. The SMILES string of the molecule is CC1(C)Cc2nc(-c3ccncc3)ncc2C(NC(=O)C2CCOCC2)C1. The van der Waals surface area contributed by atoms with Crippen LogP contribution in [0.5, 0.6) is 0 Å². The van der Waals surface area contributed by atoms with Gasteiger partial charge in [0.15, 0.2) is 5.82 Å². The number of nitrogens with zero attached hydrogens (tertiary/aromatic N) is 3. The number of fused-ring (bicyclic) bond motifs is 1. The lowest BCUT2D eigenvalue weighted by Gasteiger charge is -2.37. The van der Waals surface area contributed by atoms with Crippen LogP contribution in [0, 0.1) is 11.3 Å². The third-order valence-electron chi connectivity index (χ3n) is 5.53. The van der Waals surface area contributed by atoms with Gasteiger partial charge in [-0.25, -0.2) is 9.97 Å². The van der Waals surface area contributed by atoms with Crippen molar-refractivity contribution in [2.75, 3.05) is 13.2 Å². The lowest BCUT2D eigenvalue weighted by molar-refractivity contribution is -0.128. The van der Waals surface area contributed by atoms with Gasteiger partial charge in [-0.2, -0.15) is 0 Å². The van der Waals surface area contributed by atoms with Crippen molar-refractivity contribution >= 4 is 5.91 Å². The Morgan fingerprint density at radius 1 is 1.22 bits per heavy atom. The second-order valence-corrected chi connectivity index (χ2v) is 8.32. The molecule has 1 fully saturated rings. The van der Waals surface area contributed by atoms with Gasteiger partial charge in [-0.05, 0) is 43.2 Å². The summed E-state index contributed by atoms with van der Waals surface area (Å²) in [6.45, 7) is 5.81. The summed E-state index contributed by atoms with van der Waals surface area (Å²) in [5.74, 6) is 0.887. The van der Waals surface area contributed by atoms with E-state index >= 15 is 0 Å². The summed E-state index contributed by atoms with van der Waals surface area (Å²) < 4.78 is 5.38. The minimum atomic E-state index is -0.0365. The Morgan fingerprint density at radius 3 is 2.70 bits per heavy atom. The van der Waals surface area contributed by atoms with Crippen LogP contribution in [0.2, 0.25) is 0 Å². The van der Waals surface area contributed by atoms with Crippen LogP contribution < -0.4 is 5.32 Å². The first-order chi connectivity index (χ1) is 13.0. The van der Waals surface area contributed by atoms with Crippen molar-refractivity contribution in [1.82, 2.24) is 20.3 Å². The number of carbonyl (C=O) groups excluding carboxylic acids is 1. The maximum atomic E-state index is 12.8. The van der Waals surface area contributed by atoms with E-state index in [2.05, 4.69) is 29.1 Å². The third-order valence-corrected chi connectivity index (χ3v) is 5.53. The Morgan fingerprint density at radius 2 is 1.96 bits per heavy atom. The van der Waals surface area contributed by atoms with Crippen molar-refractivity contribution in [3.05, 3.63) is 42.0 Å². The first kappa shape index (κ1) is 18.0. The van der Waals surface area contributed by atoms with Crippen LogP contribution in [0.25, 0.3) is 11.4 Å². The number of pyridine rings is 1. The van der Waals surface area contributed by atoms with Crippen LogP contribution in [0.1, 0.15) is 50.4 Å².